The van der Waals surface area contributed by atoms with Crippen molar-refractivity contribution < 1.29 is 9.59 Å². The van der Waals surface area contributed by atoms with Crippen LogP contribution in [0.25, 0.3) is 11.1 Å². The predicted octanol–water partition coefficient (Wildman–Crippen LogP) is 4.40. The number of carbonyl (C=O) groups excluding carboxylic acids is 2. The lowest BCUT2D eigenvalue weighted by Crippen LogP contribution is -2.43. The zero-order valence-electron chi connectivity index (χ0n) is 17.0. The van der Waals surface area contributed by atoms with E-state index < -0.39 is 0 Å². The van der Waals surface area contributed by atoms with E-state index in [-0.39, 0.29) is 17.7 Å². The highest BCUT2D eigenvalue weighted by Gasteiger charge is 2.26. The van der Waals surface area contributed by atoms with E-state index in [0.717, 1.165) is 41.1 Å². The van der Waals surface area contributed by atoms with Crippen molar-refractivity contribution in [1.29, 1.82) is 0 Å². The highest BCUT2D eigenvalue weighted by atomic mass is 32.1. The minimum absolute atomic E-state index is 0.0579. The van der Waals surface area contributed by atoms with E-state index >= 15 is 0 Å². The summed E-state index contributed by atoms with van der Waals surface area (Å²) >= 11 is 1.40. The van der Waals surface area contributed by atoms with Crippen LogP contribution < -0.4 is 5.32 Å². The topological polar surface area (TPSA) is 62.3 Å². The van der Waals surface area contributed by atoms with Gasteiger partial charge in [-0.2, -0.15) is 0 Å². The summed E-state index contributed by atoms with van der Waals surface area (Å²) in [5.74, 6) is 0.252. The van der Waals surface area contributed by atoms with E-state index in [4.69, 9.17) is 0 Å². The monoisotopic (exact) mass is 419 g/mol. The Morgan fingerprint density at radius 2 is 1.83 bits per heavy atom. The van der Waals surface area contributed by atoms with Gasteiger partial charge >= 0.3 is 0 Å². The molecule has 2 heterocycles. The molecular weight excluding hydrogens is 394 g/mol. The zero-order valence-corrected chi connectivity index (χ0v) is 17.8. The summed E-state index contributed by atoms with van der Waals surface area (Å²) in [6, 6.07) is 17.8. The van der Waals surface area contributed by atoms with Crippen LogP contribution in [0.15, 0.2) is 60.1 Å². The standard InChI is InChI=1S/C24H25N3O2S/c1-17-22(30-16-26-17)24(29)27-13-5-6-18(15-27)14-25-23(28)21-11-9-20(10-12-21)19-7-3-2-4-8-19/h2-4,7-12,16,18H,5-6,13-15H2,1H3,(H,25,28). The molecule has 4 rings (SSSR count). The fraction of sp³-hybridized carbons (Fsp3) is 0.292. The molecule has 154 valence electrons. The van der Waals surface area contributed by atoms with Gasteiger partial charge in [0, 0.05) is 25.2 Å². The SMILES string of the molecule is Cc1ncsc1C(=O)N1CCCC(CNC(=O)c2ccc(-c3ccccc3)cc2)C1. The molecule has 3 aromatic rings. The third-order valence-electron chi connectivity index (χ3n) is 5.55. The van der Waals surface area contributed by atoms with Crippen molar-refractivity contribution in [2.75, 3.05) is 19.6 Å². The molecule has 0 bridgehead atoms. The van der Waals surface area contributed by atoms with Gasteiger partial charge in [-0.3, -0.25) is 9.59 Å². The van der Waals surface area contributed by atoms with Crippen LogP contribution in [0.2, 0.25) is 0 Å². The molecular formula is C24H25N3O2S. The highest BCUT2D eigenvalue weighted by molar-refractivity contribution is 7.11. The summed E-state index contributed by atoms with van der Waals surface area (Å²) in [6.45, 7) is 3.88. The first-order valence-corrected chi connectivity index (χ1v) is 11.1. The number of nitrogens with zero attached hydrogens (tertiary/aromatic N) is 2. The second-order valence-electron chi connectivity index (χ2n) is 7.68. The molecule has 2 aromatic carbocycles. The second kappa shape index (κ2) is 9.22. The first kappa shape index (κ1) is 20.3. The van der Waals surface area contributed by atoms with E-state index in [1.807, 2.05) is 54.3 Å². The lowest BCUT2D eigenvalue weighted by atomic mass is 9.97. The van der Waals surface area contributed by atoms with Gasteiger partial charge in [-0.1, -0.05) is 42.5 Å². The largest absolute Gasteiger partial charge is 0.352 e. The molecule has 1 aliphatic rings. The maximum absolute atomic E-state index is 12.7. The lowest BCUT2D eigenvalue weighted by molar-refractivity contribution is 0.0675. The van der Waals surface area contributed by atoms with E-state index in [0.29, 0.717) is 18.7 Å². The van der Waals surface area contributed by atoms with Gasteiger partial charge in [0.1, 0.15) is 4.88 Å². The Hall–Kier alpha value is -2.99. The number of carbonyl (C=O) groups is 2. The molecule has 1 aromatic heterocycles. The fourth-order valence-corrected chi connectivity index (χ4v) is 4.62. The van der Waals surface area contributed by atoms with Gasteiger partial charge in [0.15, 0.2) is 0 Å². The third kappa shape index (κ3) is 4.60. The number of rotatable bonds is 5. The number of hydrogen-bond donors (Lipinski definition) is 1. The van der Waals surface area contributed by atoms with Gasteiger partial charge < -0.3 is 10.2 Å². The van der Waals surface area contributed by atoms with Crippen LogP contribution in [0.5, 0.6) is 0 Å². The van der Waals surface area contributed by atoms with Crippen LogP contribution in [0.1, 0.15) is 38.6 Å². The summed E-state index contributed by atoms with van der Waals surface area (Å²) in [4.78, 5) is 32.1. The number of aromatic nitrogens is 1. The van der Waals surface area contributed by atoms with Crippen LogP contribution >= 0.6 is 11.3 Å². The highest BCUT2D eigenvalue weighted by Crippen LogP contribution is 2.22. The average molecular weight is 420 g/mol. The molecule has 2 amide bonds. The summed E-state index contributed by atoms with van der Waals surface area (Å²) in [5.41, 5.74) is 5.38. The Morgan fingerprint density at radius 1 is 1.10 bits per heavy atom. The molecule has 0 radical (unpaired) electrons. The number of benzene rings is 2. The number of aryl methyl sites for hydroxylation is 1. The number of thiazole rings is 1. The van der Waals surface area contributed by atoms with Gasteiger partial charge in [-0.15, -0.1) is 11.3 Å². The molecule has 1 saturated heterocycles. The van der Waals surface area contributed by atoms with Crippen molar-refractivity contribution in [2.24, 2.45) is 5.92 Å². The normalized spacial score (nSPS) is 16.3. The summed E-state index contributed by atoms with van der Waals surface area (Å²) < 4.78 is 0. The molecule has 1 aliphatic heterocycles. The maximum Gasteiger partial charge on any atom is 0.265 e. The first-order valence-electron chi connectivity index (χ1n) is 10.2. The van der Waals surface area contributed by atoms with E-state index in [2.05, 4.69) is 22.4 Å². The Kier molecular flexibility index (Phi) is 6.23. The summed E-state index contributed by atoms with van der Waals surface area (Å²) in [5, 5.41) is 3.05. The van der Waals surface area contributed by atoms with Crippen molar-refractivity contribution in [2.45, 2.75) is 19.8 Å². The van der Waals surface area contributed by atoms with Crippen molar-refractivity contribution in [3.8, 4) is 11.1 Å². The van der Waals surface area contributed by atoms with E-state index in [1.165, 1.54) is 11.3 Å². The molecule has 1 unspecified atom stereocenters. The molecule has 0 spiro atoms. The number of likely N-dealkylation sites (tertiary alicyclic amines) is 1. The van der Waals surface area contributed by atoms with Gasteiger partial charge in [0.05, 0.1) is 11.2 Å². The summed E-state index contributed by atoms with van der Waals surface area (Å²) in [7, 11) is 0. The molecule has 1 fully saturated rings. The fourth-order valence-electron chi connectivity index (χ4n) is 3.85. The van der Waals surface area contributed by atoms with Crippen molar-refractivity contribution in [1.82, 2.24) is 15.2 Å². The van der Waals surface area contributed by atoms with Crippen LogP contribution in [-0.4, -0.2) is 41.3 Å². The molecule has 0 saturated carbocycles. The van der Waals surface area contributed by atoms with Crippen LogP contribution in [-0.2, 0) is 0 Å². The molecule has 5 nitrogen and oxygen atoms in total. The van der Waals surface area contributed by atoms with Crippen LogP contribution in [0.4, 0.5) is 0 Å². The predicted molar refractivity (Wildman–Crippen MR) is 120 cm³/mol. The molecule has 1 N–H and O–H groups in total. The number of nitrogens with one attached hydrogen (secondary N) is 1. The van der Waals surface area contributed by atoms with Crippen molar-refractivity contribution in [3.05, 3.63) is 76.2 Å². The molecule has 6 heteroatoms. The minimum atomic E-state index is -0.0728. The Labute approximate surface area is 180 Å². The van der Waals surface area contributed by atoms with E-state index in [1.54, 1.807) is 5.51 Å². The second-order valence-corrected chi connectivity index (χ2v) is 8.53. The molecule has 30 heavy (non-hydrogen) atoms. The lowest BCUT2D eigenvalue weighted by Gasteiger charge is -2.32. The number of amides is 2. The van der Waals surface area contributed by atoms with E-state index in [9.17, 15) is 9.59 Å². The quantitative estimate of drug-likeness (QED) is 0.667. The number of piperidine rings is 1. The Morgan fingerprint density at radius 3 is 2.53 bits per heavy atom. The number of hydrogen-bond acceptors (Lipinski definition) is 4. The Balaban J connectivity index is 1.32. The summed E-state index contributed by atoms with van der Waals surface area (Å²) in [6.07, 6.45) is 1.97. The van der Waals surface area contributed by atoms with Gasteiger partial charge in [0.25, 0.3) is 11.8 Å². The van der Waals surface area contributed by atoms with Gasteiger partial charge in [0.2, 0.25) is 0 Å². The molecule has 0 aliphatic carbocycles. The first-order chi connectivity index (χ1) is 14.6. The Bertz CT molecular complexity index is 1010. The van der Waals surface area contributed by atoms with Crippen LogP contribution in [0, 0.1) is 12.8 Å². The smallest absolute Gasteiger partial charge is 0.265 e. The minimum Gasteiger partial charge on any atom is -0.352 e. The van der Waals surface area contributed by atoms with Gasteiger partial charge in [-0.05, 0) is 48.9 Å². The average Bonchev–Trinajstić information content (AvgIpc) is 3.23. The maximum atomic E-state index is 12.7. The zero-order chi connectivity index (χ0) is 20.9. The van der Waals surface area contributed by atoms with Crippen molar-refractivity contribution in [3.63, 3.8) is 0 Å². The van der Waals surface area contributed by atoms with Crippen molar-refractivity contribution >= 4 is 23.2 Å². The third-order valence-corrected chi connectivity index (χ3v) is 6.47. The molecule has 1 atom stereocenters. The van der Waals surface area contributed by atoms with Crippen LogP contribution in [0.3, 0.4) is 0 Å². The van der Waals surface area contributed by atoms with Gasteiger partial charge in [-0.25, -0.2) is 4.98 Å².